The third-order valence-corrected chi connectivity index (χ3v) is 2.52. The number of hydrogen-bond donors (Lipinski definition) is 1. The quantitative estimate of drug-likeness (QED) is 0.847. The van der Waals surface area contributed by atoms with Gasteiger partial charge in [-0.1, -0.05) is 37.3 Å². The van der Waals surface area contributed by atoms with Crippen LogP contribution in [-0.2, 0) is 13.6 Å². The summed E-state index contributed by atoms with van der Waals surface area (Å²) in [6.45, 7) is 3.95. The van der Waals surface area contributed by atoms with Crippen LogP contribution >= 0.6 is 0 Å². The number of nitrogens with zero attached hydrogens (tertiary/aromatic N) is 2. The lowest BCUT2D eigenvalue weighted by Crippen LogP contribution is -2.11. The average Bonchev–Trinajstić information content (AvgIpc) is 2.69. The maximum Gasteiger partial charge on any atom is 0.0967 e. The largest absolute Gasteiger partial charge is 0.313 e. The van der Waals surface area contributed by atoms with Gasteiger partial charge in [-0.05, 0) is 6.54 Å². The highest BCUT2D eigenvalue weighted by atomic mass is 15.3. The van der Waals surface area contributed by atoms with Crippen LogP contribution in [0, 0.1) is 0 Å². The lowest BCUT2D eigenvalue weighted by molar-refractivity contribution is 0.724. The summed E-state index contributed by atoms with van der Waals surface area (Å²) in [5, 5.41) is 7.85. The van der Waals surface area contributed by atoms with Gasteiger partial charge in [0.05, 0.1) is 5.69 Å². The van der Waals surface area contributed by atoms with E-state index in [9.17, 15) is 0 Å². The lowest BCUT2D eigenvalue weighted by Gasteiger charge is -2.02. The second-order valence-electron chi connectivity index (χ2n) is 3.82. The predicted molar refractivity (Wildman–Crippen MR) is 66.0 cm³/mol. The molecule has 0 unspecified atom stereocenters. The van der Waals surface area contributed by atoms with Crippen molar-refractivity contribution in [1.82, 2.24) is 15.1 Å². The number of hydrogen-bond acceptors (Lipinski definition) is 2. The van der Waals surface area contributed by atoms with Gasteiger partial charge in [0.25, 0.3) is 0 Å². The van der Waals surface area contributed by atoms with Crippen LogP contribution in [-0.4, -0.2) is 16.3 Å². The molecule has 1 aromatic heterocycles. The third kappa shape index (κ3) is 2.31. The van der Waals surface area contributed by atoms with Crippen molar-refractivity contribution in [3.8, 4) is 11.3 Å². The fourth-order valence-electron chi connectivity index (χ4n) is 1.77. The molecule has 0 aliphatic carbocycles. The summed E-state index contributed by atoms with van der Waals surface area (Å²) in [5.74, 6) is 0. The molecule has 3 nitrogen and oxygen atoms in total. The van der Waals surface area contributed by atoms with Crippen LogP contribution in [0.1, 0.15) is 12.5 Å². The van der Waals surface area contributed by atoms with Crippen LogP contribution in [0.4, 0.5) is 0 Å². The summed E-state index contributed by atoms with van der Waals surface area (Å²) in [7, 11) is 1.96. The summed E-state index contributed by atoms with van der Waals surface area (Å²) < 4.78 is 1.87. The molecule has 0 amide bonds. The fraction of sp³-hybridized carbons (Fsp3) is 0.308. The minimum atomic E-state index is 0.870. The SMILES string of the molecule is CCNCc1cn(C)nc1-c1ccccc1. The first-order valence-corrected chi connectivity index (χ1v) is 5.60. The standard InChI is InChI=1S/C13H17N3/c1-3-14-9-12-10-16(2)15-13(12)11-7-5-4-6-8-11/h4-8,10,14H,3,9H2,1-2H3. The second-order valence-corrected chi connectivity index (χ2v) is 3.82. The molecular weight excluding hydrogens is 198 g/mol. The van der Waals surface area contributed by atoms with Gasteiger partial charge >= 0.3 is 0 Å². The van der Waals surface area contributed by atoms with Crippen LogP contribution in [0.15, 0.2) is 36.5 Å². The van der Waals surface area contributed by atoms with Gasteiger partial charge in [-0.3, -0.25) is 4.68 Å². The molecule has 0 aliphatic heterocycles. The molecule has 0 radical (unpaired) electrons. The highest BCUT2D eigenvalue weighted by Crippen LogP contribution is 2.21. The number of benzene rings is 1. The Morgan fingerprint density at radius 3 is 2.69 bits per heavy atom. The summed E-state index contributed by atoms with van der Waals surface area (Å²) in [6, 6.07) is 10.3. The molecule has 0 atom stereocenters. The van der Waals surface area contributed by atoms with Gasteiger partial charge in [0.1, 0.15) is 0 Å². The van der Waals surface area contributed by atoms with Gasteiger partial charge in [0.15, 0.2) is 0 Å². The van der Waals surface area contributed by atoms with Gasteiger partial charge < -0.3 is 5.32 Å². The molecule has 3 heteroatoms. The zero-order chi connectivity index (χ0) is 11.4. The van der Waals surface area contributed by atoms with Crippen molar-refractivity contribution >= 4 is 0 Å². The molecule has 0 saturated heterocycles. The van der Waals surface area contributed by atoms with Gasteiger partial charge in [-0.25, -0.2) is 0 Å². The monoisotopic (exact) mass is 215 g/mol. The van der Waals surface area contributed by atoms with Crippen LogP contribution in [0.2, 0.25) is 0 Å². The molecule has 0 saturated carbocycles. The van der Waals surface area contributed by atoms with Gasteiger partial charge in [-0.2, -0.15) is 5.10 Å². The van der Waals surface area contributed by atoms with E-state index in [-0.39, 0.29) is 0 Å². The fourth-order valence-corrected chi connectivity index (χ4v) is 1.77. The molecular formula is C13H17N3. The summed E-state index contributed by atoms with van der Waals surface area (Å²) in [5.41, 5.74) is 3.50. The Kier molecular flexibility index (Phi) is 3.37. The van der Waals surface area contributed by atoms with Crippen molar-refractivity contribution in [2.45, 2.75) is 13.5 Å². The maximum absolute atomic E-state index is 4.51. The number of aryl methyl sites for hydroxylation is 1. The van der Waals surface area contributed by atoms with Crippen LogP contribution in [0.3, 0.4) is 0 Å². The third-order valence-electron chi connectivity index (χ3n) is 2.52. The minimum absolute atomic E-state index is 0.870. The van der Waals surface area contributed by atoms with Gasteiger partial charge in [-0.15, -0.1) is 0 Å². The molecule has 2 aromatic rings. The average molecular weight is 215 g/mol. The number of nitrogens with one attached hydrogen (secondary N) is 1. The summed E-state index contributed by atoms with van der Waals surface area (Å²) >= 11 is 0. The second kappa shape index (κ2) is 4.94. The van der Waals surface area contributed by atoms with Crippen LogP contribution in [0.5, 0.6) is 0 Å². The molecule has 2 rings (SSSR count). The molecule has 1 heterocycles. The highest BCUT2D eigenvalue weighted by Gasteiger charge is 2.08. The van der Waals surface area contributed by atoms with E-state index >= 15 is 0 Å². The number of aromatic nitrogens is 2. The van der Waals surface area contributed by atoms with Crippen LogP contribution in [0.25, 0.3) is 11.3 Å². The Bertz CT molecular complexity index is 445. The van der Waals surface area contributed by atoms with Gasteiger partial charge in [0, 0.05) is 30.9 Å². The van der Waals surface area contributed by atoms with Crippen molar-refractivity contribution in [3.05, 3.63) is 42.1 Å². The van der Waals surface area contributed by atoms with Crippen molar-refractivity contribution in [2.75, 3.05) is 6.54 Å². The molecule has 16 heavy (non-hydrogen) atoms. The Morgan fingerprint density at radius 2 is 2.00 bits per heavy atom. The molecule has 84 valence electrons. The van der Waals surface area contributed by atoms with E-state index < -0.39 is 0 Å². The van der Waals surface area contributed by atoms with Crippen molar-refractivity contribution in [2.24, 2.45) is 7.05 Å². The van der Waals surface area contributed by atoms with Crippen molar-refractivity contribution in [1.29, 1.82) is 0 Å². The molecule has 0 aliphatic rings. The minimum Gasteiger partial charge on any atom is -0.313 e. The highest BCUT2D eigenvalue weighted by molar-refractivity contribution is 5.62. The Balaban J connectivity index is 2.33. The Labute approximate surface area is 96.1 Å². The summed E-state index contributed by atoms with van der Waals surface area (Å²) in [4.78, 5) is 0. The first-order valence-electron chi connectivity index (χ1n) is 5.60. The van der Waals surface area contributed by atoms with Crippen molar-refractivity contribution < 1.29 is 0 Å². The van der Waals surface area contributed by atoms with Crippen molar-refractivity contribution in [3.63, 3.8) is 0 Å². The van der Waals surface area contributed by atoms with E-state index in [0.717, 1.165) is 18.8 Å². The normalized spacial score (nSPS) is 10.6. The predicted octanol–water partition coefficient (Wildman–Crippen LogP) is 2.20. The molecule has 1 N–H and O–H groups in total. The Hall–Kier alpha value is -1.61. The van der Waals surface area contributed by atoms with E-state index in [1.165, 1.54) is 11.1 Å². The maximum atomic E-state index is 4.51. The smallest absolute Gasteiger partial charge is 0.0967 e. The van der Waals surface area contributed by atoms with E-state index in [2.05, 4.69) is 35.7 Å². The van der Waals surface area contributed by atoms with E-state index in [1.807, 2.05) is 29.9 Å². The summed E-state index contributed by atoms with van der Waals surface area (Å²) in [6.07, 6.45) is 2.07. The molecule has 1 aromatic carbocycles. The topological polar surface area (TPSA) is 29.9 Å². The number of rotatable bonds is 4. The zero-order valence-corrected chi connectivity index (χ0v) is 9.77. The van der Waals surface area contributed by atoms with Crippen LogP contribution < -0.4 is 5.32 Å². The first-order chi connectivity index (χ1) is 7.81. The van der Waals surface area contributed by atoms with E-state index in [4.69, 9.17) is 0 Å². The molecule has 0 fully saturated rings. The lowest BCUT2D eigenvalue weighted by atomic mass is 10.1. The molecule has 0 bridgehead atoms. The molecule has 0 spiro atoms. The van der Waals surface area contributed by atoms with E-state index in [1.54, 1.807) is 0 Å². The zero-order valence-electron chi connectivity index (χ0n) is 9.77. The van der Waals surface area contributed by atoms with E-state index in [0.29, 0.717) is 0 Å². The van der Waals surface area contributed by atoms with Gasteiger partial charge in [0.2, 0.25) is 0 Å². The first kappa shape index (κ1) is 10.9. The Morgan fingerprint density at radius 1 is 1.25 bits per heavy atom.